The fourth-order valence-corrected chi connectivity index (χ4v) is 4.63. The van der Waals surface area contributed by atoms with Gasteiger partial charge in [-0.3, -0.25) is 4.90 Å². The zero-order valence-electron chi connectivity index (χ0n) is 20.4. The highest BCUT2D eigenvalue weighted by Gasteiger charge is 2.13. The molecule has 0 bridgehead atoms. The van der Waals surface area contributed by atoms with Gasteiger partial charge in [0.15, 0.2) is 0 Å². The topological polar surface area (TPSA) is 30.9 Å². The molecule has 0 atom stereocenters. The molecule has 4 aromatic carbocycles. The van der Waals surface area contributed by atoms with Gasteiger partial charge in [0.05, 0.1) is 13.2 Å². The molecule has 0 spiro atoms. The molecule has 0 N–H and O–H groups in total. The van der Waals surface area contributed by atoms with Crippen LogP contribution in [0.3, 0.4) is 0 Å². The number of aryl methyl sites for hydroxylation is 1. The molecule has 4 nitrogen and oxygen atoms in total. The zero-order chi connectivity index (χ0) is 23.9. The molecular weight excluding hydrogens is 434 g/mol. The van der Waals surface area contributed by atoms with E-state index in [1.165, 1.54) is 27.5 Å². The molecule has 0 amide bonds. The zero-order valence-corrected chi connectivity index (χ0v) is 20.4. The second-order valence-corrected chi connectivity index (χ2v) is 8.95. The predicted molar refractivity (Wildman–Crippen MR) is 142 cm³/mol. The molecule has 1 heterocycles. The summed E-state index contributed by atoms with van der Waals surface area (Å²) < 4.78 is 17.9. The van der Waals surface area contributed by atoms with Gasteiger partial charge in [-0.05, 0) is 52.6 Å². The van der Waals surface area contributed by atoms with E-state index in [4.69, 9.17) is 14.2 Å². The highest BCUT2D eigenvalue weighted by atomic mass is 16.5. The standard InChI is InChI=1S/C31H33NO3/c1-2-25-7-4-6-10-30(25)35-31-16-13-26-8-3-5-9-28(26)29(31)23-24-11-14-27(15-12-24)34-22-19-32-17-20-33-21-18-32/h3-16H,2,17-23H2,1H3. The lowest BCUT2D eigenvalue weighted by atomic mass is 9.97. The molecule has 0 aromatic heterocycles. The summed E-state index contributed by atoms with van der Waals surface area (Å²) in [6.45, 7) is 7.39. The second-order valence-electron chi connectivity index (χ2n) is 8.95. The predicted octanol–water partition coefficient (Wildman–Crippen LogP) is 6.50. The molecule has 0 saturated carbocycles. The first-order chi connectivity index (χ1) is 17.3. The van der Waals surface area contributed by atoms with Crippen LogP contribution in [-0.2, 0) is 17.6 Å². The third kappa shape index (κ3) is 5.84. The molecule has 1 saturated heterocycles. The van der Waals surface area contributed by atoms with Crippen LogP contribution in [0, 0.1) is 0 Å². The van der Waals surface area contributed by atoms with Gasteiger partial charge < -0.3 is 14.2 Å². The number of ether oxygens (including phenoxy) is 3. The maximum atomic E-state index is 6.51. The van der Waals surface area contributed by atoms with Crippen molar-refractivity contribution in [1.29, 1.82) is 0 Å². The summed E-state index contributed by atoms with van der Waals surface area (Å²) in [6, 6.07) is 29.6. The highest BCUT2D eigenvalue weighted by Crippen LogP contribution is 2.35. The van der Waals surface area contributed by atoms with Crippen molar-refractivity contribution in [1.82, 2.24) is 4.90 Å². The summed E-state index contributed by atoms with van der Waals surface area (Å²) in [4.78, 5) is 2.39. The number of morpholine rings is 1. The number of rotatable bonds is 9. The first-order valence-electron chi connectivity index (χ1n) is 12.6. The Hall–Kier alpha value is -3.34. The molecule has 1 aliphatic heterocycles. The fourth-order valence-electron chi connectivity index (χ4n) is 4.63. The van der Waals surface area contributed by atoms with E-state index in [0.29, 0.717) is 6.61 Å². The van der Waals surface area contributed by atoms with Crippen molar-refractivity contribution in [3.8, 4) is 17.2 Å². The van der Waals surface area contributed by atoms with Gasteiger partial charge in [0, 0.05) is 31.6 Å². The highest BCUT2D eigenvalue weighted by molar-refractivity contribution is 5.88. The van der Waals surface area contributed by atoms with E-state index >= 15 is 0 Å². The molecule has 35 heavy (non-hydrogen) atoms. The van der Waals surface area contributed by atoms with Crippen LogP contribution in [0.1, 0.15) is 23.6 Å². The third-order valence-corrected chi connectivity index (χ3v) is 6.66. The molecule has 180 valence electrons. The molecule has 0 aliphatic carbocycles. The van der Waals surface area contributed by atoms with Crippen LogP contribution in [0.25, 0.3) is 10.8 Å². The largest absolute Gasteiger partial charge is 0.492 e. The molecule has 5 rings (SSSR count). The molecule has 1 fully saturated rings. The monoisotopic (exact) mass is 467 g/mol. The number of fused-ring (bicyclic) bond motifs is 1. The van der Waals surface area contributed by atoms with Crippen LogP contribution in [0.5, 0.6) is 17.2 Å². The SMILES string of the molecule is CCc1ccccc1Oc1ccc2ccccc2c1Cc1ccc(OCCN2CCOCC2)cc1. The van der Waals surface area contributed by atoms with Crippen molar-refractivity contribution in [3.63, 3.8) is 0 Å². The van der Waals surface area contributed by atoms with E-state index in [2.05, 4.69) is 90.7 Å². The second kappa shape index (κ2) is 11.4. The maximum absolute atomic E-state index is 6.51. The van der Waals surface area contributed by atoms with Crippen molar-refractivity contribution in [3.05, 3.63) is 102 Å². The quantitative estimate of drug-likeness (QED) is 0.281. The summed E-state index contributed by atoms with van der Waals surface area (Å²) in [7, 11) is 0. The molecule has 4 heteroatoms. The Morgan fingerprint density at radius 1 is 0.800 bits per heavy atom. The van der Waals surface area contributed by atoms with Gasteiger partial charge in [-0.15, -0.1) is 0 Å². The summed E-state index contributed by atoms with van der Waals surface area (Å²) in [6.07, 6.45) is 1.73. The Balaban J connectivity index is 1.33. The number of benzene rings is 4. The smallest absolute Gasteiger partial charge is 0.131 e. The maximum Gasteiger partial charge on any atom is 0.131 e. The third-order valence-electron chi connectivity index (χ3n) is 6.66. The van der Waals surface area contributed by atoms with Gasteiger partial charge in [0.1, 0.15) is 23.9 Å². The van der Waals surface area contributed by atoms with Crippen LogP contribution in [0.2, 0.25) is 0 Å². The van der Waals surface area contributed by atoms with Gasteiger partial charge in [0.25, 0.3) is 0 Å². The molecule has 0 unspecified atom stereocenters. The Morgan fingerprint density at radius 3 is 2.40 bits per heavy atom. The fraction of sp³-hybridized carbons (Fsp3) is 0.290. The Labute approximate surface area is 208 Å². The van der Waals surface area contributed by atoms with Gasteiger partial charge in [0.2, 0.25) is 0 Å². The minimum atomic E-state index is 0.692. The van der Waals surface area contributed by atoms with Crippen molar-refractivity contribution >= 4 is 10.8 Å². The molecule has 1 aliphatic rings. The molecular formula is C31H33NO3. The summed E-state index contributed by atoms with van der Waals surface area (Å²) in [5, 5.41) is 2.45. The van der Waals surface area contributed by atoms with Crippen LogP contribution in [-0.4, -0.2) is 44.4 Å². The van der Waals surface area contributed by atoms with Crippen LogP contribution >= 0.6 is 0 Å². The van der Waals surface area contributed by atoms with E-state index in [1.807, 2.05) is 6.07 Å². The summed E-state index contributed by atoms with van der Waals surface area (Å²) in [5.41, 5.74) is 3.65. The lowest BCUT2D eigenvalue weighted by Crippen LogP contribution is -2.38. The van der Waals surface area contributed by atoms with Crippen molar-refractivity contribution in [2.24, 2.45) is 0 Å². The normalized spacial score (nSPS) is 14.2. The lowest BCUT2D eigenvalue weighted by molar-refractivity contribution is 0.0322. The number of hydrogen-bond donors (Lipinski definition) is 0. The van der Waals surface area contributed by atoms with Gasteiger partial charge in [-0.2, -0.15) is 0 Å². The number of nitrogens with zero attached hydrogens (tertiary/aromatic N) is 1. The Bertz CT molecular complexity index is 1250. The van der Waals surface area contributed by atoms with Crippen LogP contribution < -0.4 is 9.47 Å². The average molecular weight is 468 g/mol. The number of hydrogen-bond acceptors (Lipinski definition) is 4. The van der Waals surface area contributed by atoms with Crippen molar-refractivity contribution < 1.29 is 14.2 Å². The van der Waals surface area contributed by atoms with Crippen molar-refractivity contribution in [2.75, 3.05) is 39.5 Å². The van der Waals surface area contributed by atoms with Gasteiger partial charge in [-0.25, -0.2) is 0 Å². The van der Waals surface area contributed by atoms with E-state index < -0.39 is 0 Å². The van der Waals surface area contributed by atoms with Crippen LogP contribution in [0.15, 0.2) is 84.9 Å². The van der Waals surface area contributed by atoms with E-state index in [1.54, 1.807) is 0 Å². The van der Waals surface area contributed by atoms with Gasteiger partial charge in [-0.1, -0.05) is 67.6 Å². The Morgan fingerprint density at radius 2 is 1.57 bits per heavy atom. The lowest BCUT2D eigenvalue weighted by Gasteiger charge is -2.26. The summed E-state index contributed by atoms with van der Waals surface area (Å²) in [5.74, 6) is 2.75. The van der Waals surface area contributed by atoms with Gasteiger partial charge >= 0.3 is 0 Å². The number of para-hydroxylation sites is 1. The first-order valence-corrected chi connectivity index (χ1v) is 12.6. The summed E-state index contributed by atoms with van der Waals surface area (Å²) >= 11 is 0. The molecule has 4 aromatic rings. The van der Waals surface area contributed by atoms with E-state index in [-0.39, 0.29) is 0 Å². The first kappa shape index (κ1) is 23.4. The average Bonchev–Trinajstić information content (AvgIpc) is 2.92. The Kier molecular flexibility index (Phi) is 7.62. The van der Waals surface area contributed by atoms with Crippen LogP contribution in [0.4, 0.5) is 0 Å². The minimum absolute atomic E-state index is 0.692. The van der Waals surface area contributed by atoms with E-state index in [9.17, 15) is 0 Å². The van der Waals surface area contributed by atoms with Crippen molar-refractivity contribution in [2.45, 2.75) is 19.8 Å². The van der Waals surface area contributed by atoms with E-state index in [0.717, 1.165) is 62.9 Å². The minimum Gasteiger partial charge on any atom is -0.492 e. The molecule has 0 radical (unpaired) electrons.